The summed E-state index contributed by atoms with van der Waals surface area (Å²) in [6.07, 6.45) is 0.121. The Morgan fingerprint density at radius 2 is 2.17 bits per heavy atom. The van der Waals surface area contributed by atoms with Gasteiger partial charge in [-0.2, -0.15) is 5.26 Å². The van der Waals surface area contributed by atoms with Gasteiger partial charge in [-0.25, -0.2) is 4.39 Å². The summed E-state index contributed by atoms with van der Waals surface area (Å²) >= 11 is 0. The highest BCUT2D eigenvalue weighted by Crippen LogP contribution is 2.22. The average Bonchev–Trinajstić information content (AvgIpc) is 2.33. The van der Waals surface area contributed by atoms with E-state index in [9.17, 15) is 9.18 Å². The third-order valence-corrected chi connectivity index (χ3v) is 2.98. The number of carbonyl (C=O) groups is 1. The molecular formula is C13H14FN3O. The number of nitrogens with one attached hydrogen (secondary N) is 1. The molecule has 18 heavy (non-hydrogen) atoms. The Balaban J connectivity index is 2.29. The van der Waals surface area contributed by atoms with Gasteiger partial charge in [-0.05, 0) is 31.2 Å². The predicted molar refractivity (Wildman–Crippen MR) is 65.4 cm³/mol. The van der Waals surface area contributed by atoms with E-state index in [1.165, 1.54) is 12.1 Å². The normalized spacial score (nSPS) is 23.4. The first kappa shape index (κ1) is 12.4. The minimum absolute atomic E-state index is 0.0116. The van der Waals surface area contributed by atoms with Crippen molar-refractivity contribution in [3.8, 4) is 6.07 Å². The standard InChI is InChI=1S/C13H14FN3O/c1-9-8-17(11-4-2-10(14)3-5-11)12(6-7-15)13(18)16-9/h2-5,9,12H,6,8H2,1H3,(H,16,18). The second-order valence-corrected chi connectivity index (χ2v) is 4.42. The molecule has 0 radical (unpaired) electrons. The van der Waals surface area contributed by atoms with E-state index >= 15 is 0 Å². The van der Waals surface area contributed by atoms with Crippen molar-refractivity contribution in [3.63, 3.8) is 0 Å². The number of rotatable bonds is 2. The largest absolute Gasteiger partial charge is 0.357 e. The number of halogens is 1. The van der Waals surface area contributed by atoms with Gasteiger partial charge in [-0.15, -0.1) is 0 Å². The predicted octanol–water partition coefficient (Wildman–Crippen LogP) is 1.43. The molecule has 1 amide bonds. The molecule has 1 aliphatic heterocycles. The van der Waals surface area contributed by atoms with Crippen LogP contribution in [-0.4, -0.2) is 24.5 Å². The van der Waals surface area contributed by atoms with Crippen LogP contribution in [0.3, 0.4) is 0 Å². The van der Waals surface area contributed by atoms with Crippen LogP contribution in [0.25, 0.3) is 0 Å². The molecule has 0 spiro atoms. The van der Waals surface area contributed by atoms with Crippen LogP contribution >= 0.6 is 0 Å². The van der Waals surface area contributed by atoms with E-state index in [0.29, 0.717) is 6.54 Å². The fraction of sp³-hybridized carbons (Fsp3) is 0.385. The van der Waals surface area contributed by atoms with Crippen LogP contribution in [0.5, 0.6) is 0 Å². The second kappa shape index (κ2) is 5.05. The fourth-order valence-electron chi connectivity index (χ4n) is 2.16. The lowest BCUT2D eigenvalue weighted by molar-refractivity contribution is -0.124. The number of nitrogens with zero attached hydrogens (tertiary/aromatic N) is 2. The summed E-state index contributed by atoms with van der Waals surface area (Å²) in [6.45, 7) is 2.51. The van der Waals surface area contributed by atoms with E-state index in [2.05, 4.69) is 5.32 Å². The van der Waals surface area contributed by atoms with Crippen molar-refractivity contribution in [3.05, 3.63) is 30.1 Å². The topological polar surface area (TPSA) is 56.1 Å². The highest BCUT2D eigenvalue weighted by atomic mass is 19.1. The zero-order valence-electron chi connectivity index (χ0n) is 10.1. The third kappa shape index (κ3) is 2.43. The van der Waals surface area contributed by atoms with E-state index in [0.717, 1.165) is 5.69 Å². The van der Waals surface area contributed by atoms with Gasteiger partial charge in [-0.1, -0.05) is 0 Å². The zero-order valence-corrected chi connectivity index (χ0v) is 10.1. The number of carbonyl (C=O) groups excluding carboxylic acids is 1. The molecule has 2 rings (SSSR count). The number of amides is 1. The summed E-state index contributed by atoms with van der Waals surface area (Å²) in [5.74, 6) is -0.468. The molecule has 4 nitrogen and oxygen atoms in total. The lowest BCUT2D eigenvalue weighted by Gasteiger charge is -2.38. The number of hydrogen-bond acceptors (Lipinski definition) is 3. The first-order valence-electron chi connectivity index (χ1n) is 5.81. The summed E-state index contributed by atoms with van der Waals surface area (Å²) in [4.78, 5) is 13.7. The SMILES string of the molecule is CC1CN(c2ccc(F)cc2)C(CC#N)C(=O)N1. The number of anilines is 1. The van der Waals surface area contributed by atoms with Gasteiger partial charge in [-0.3, -0.25) is 4.79 Å². The maximum Gasteiger partial charge on any atom is 0.244 e. The van der Waals surface area contributed by atoms with Gasteiger partial charge in [0.25, 0.3) is 0 Å². The van der Waals surface area contributed by atoms with Crippen LogP contribution in [0.4, 0.5) is 10.1 Å². The first-order valence-corrected chi connectivity index (χ1v) is 5.81. The Morgan fingerprint density at radius 3 is 2.78 bits per heavy atom. The van der Waals surface area contributed by atoms with Crippen molar-refractivity contribution in [2.24, 2.45) is 0 Å². The van der Waals surface area contributed by atoms with Crippen molar-refractivity contribution in [2.75, 3.05) is 11.4 Å². The lowest BCUT2D eigenvalue weighted by atomic mass is 10.1. The second-order valence-electron chi connectivity index (χ2n) is 4.42. The monoisotopic (exact) mass is 247 g/mol. The molecular weight excluding hydrogens is 233 g/mol. The van der Waals surface area contributed by atoms with Crippen LogP contribution in [0.15, 0.2) is 24.3 Å². The summed E-state index contributed by atoms with van der Waals surface area (Å²) in [5.41, 5.74) is 0.762. The lowest BCUT2D eigenvalue weighted by Crippen LogP contribution is -2.59. The Kier molecular flexibility index (Phi) is 3.47. The number of hydrogen-bond donors (Lipinski definition) is 1. The van der Waals surface area contributed by atoms with Gasteiger partial charge < -0.3 is 10.2 Å². The van der Waals surface area contributed by atoms with Crippen molar-refractivity contribution < 1.29 is 9.18 Å². The quantitative estimate of drug-likeness (QED) is 0.860. The summed E-state index contributed by atoms with van der Waals surface area (Å²) in [5, 5.41) is 11.6. The first-order chi connectivity index (χ1) is 8.61. The van der Waals surface area contributed by atoms with Gasteiger partial charge in [0, 0.05) is 18.3 Å². The Bertz CT molecular complexity index is 480. The molecule has 0 bridgehead atoms. The highest BCUT2D eigenvalue weighted by Gasteiger charge is 2.32. The molecule has 0 saturated carbocycles. The summed E-state index contributed by atoms with van der Waals surface area (Å²) < 4.78 is 12.9. The van der Waals surface area contributed by atoms with Gasteiger partial charge in [0.05, 0.1) is 12.5 Å². The van der Waals surface area contributed by atoms with Crippen LogP contribution in [-0.2, 0) is 4.79 Å². The van der Waals surface area contributed by atoms with E-state index in [1.54, 1.807) is 12.1 Å². The molecule has 2 unspecified atom stereocenters. The molecule has 0 aliphatic carbocycles. The molecule has 1 heterocycles. The van der Waals surface area contributed by atoms with Crippen molar-refractivity contribution in [1.29, 1.82) is 5.26 Å². The minimum Gasteiger partial charge on any atom is -0.357 e. The van der Waals surface area contributed by atoms with Crippen molar-refractivity contribution >= 4 is 11.6 Å². The van der Waals surface area contributed by atoms with Gasteiger partial charge in [0.2, 0.25) is 5.91 Å². The molecule has 1 aliphatic rings. The van der Waals surface area contributed by atoms with E-state index in [-0.39, 0.29) is 24.2 Å². The maximum absolute atomic E-state index is 12.9. The molecule has 0 aromatic heterocycles. The van der Waals surface area contributed by atoms with Gasteiger partial charge >= 0.3 is 0 Å². The molecule has 2 atom stereocenters. The molecule has 5 heteroatoms. The summed E-state index contributed by atoms with van der Waals surface area (Å²) in [6, 6.07) is 7.50. The van der Waals surface area contributed by atoms with E-state index in [1.807, 2.05) is 17.9 Å². The van der Waals surface area contributed by atoms with Crippen LogP contribution in [0.2, 0.25) is 0 Å². The fourth-order valence-corrected chi connectivity index (χ4v) is 2.16. The number of piperazine rings is 1. The molecule has 94 valence electrons. The van der Waals surface area contributed by atoms with Crippen molar-refractivity contribution in [1.82, 2.24) is 5.32 Å². The number of nitriles is 1. The van der Waals surface area contributed by atoms with Gasteiger partial charge in [0.1, 0.15) is 11.9 Å². The van der Waals surface area contributed by atoms with Gasteiger partial charge in [0.15, 0.2) is 0 Å². The average molecular weight is 247 g/mol. The molecule has 1 N–H and O–H groups in total. The molecule has 1 aromatic carbocycles. The van der Waals surface area contributed by atoms with Crippen LogP contribution in [0, 0.1) is 17.1 Å². The summed E-state index contributed by atoms with van der Waals surface area (Å²) in [7, 11) is 0. The highest BCUT2D eigenvalue weighted by molar-refractivity contribution is 5.87. The minimum atomic E-state index is -0.503. The number of benzene rings is 1. The molecule has 1 aromatic rings. The smallest absolute Gasteiger partial charge is 0.244 e. The van der Waals surface area contributed by atoms with Crippen molar-refractivity contribution in [2.45, 2.75) is 25.4 Å². The van der Waals surface area contributed by atoms with E-state index < -0.39 is 6.04 Å². The Hall–Kier alpha value is -2.09. The maximum atomic E-state index is 12.9. The molecule has 1 fully saturated rings. The Morgan fingerprint density at radius 1 is 1.50 bits per heavy atom. The zero-order chi connectivity index (χ0) is 13.1. The Labute approximate surface area is 105 Å². The van der Waals surface area contributed by atoms with Crippen LogP contribution < -0.4 is 10.2 Å². The molecule has 1 saturated heterocycles. The third-order valence-electron chi connectivity index (χ3n) is 2.98. The van der Waals surface area contributed by atoms with E-state index in [4.69, 9.17) is 5.26 Å². The van der Waals surface area contributed by atoms with Crippen LogP contribution in [0.1, 0.15) is 13.3 Å².